The van der Waals surface area contributed by atoms with Crippen molar-refractivity contribution in [2.75, 3.05) is 36.5 Å². The van der Waals surface area contributed by atoms with Gasteiger partial charge in [0.2, 0.25) is 0 Å². The van der Waals surface area contributed by atoms with Gasteiger partial charge in [0.15, 0.2) is 5.82 Å². The minimum atomic E-state index is -0.633. The summed E-state index contributed by atoms with van der Waals surface area (Å²) in [6, 6.07) is 8.55. The largest absolute Gasteiger partial charge is 0.378 e. The number of halogens is 1. The number of carbonyl (C=O) groups is 1. The van der Waals surface area contributed by atoms with Crippen LogP contribution in [-0.4, -0.2) is 51.9 Å². The molecule has 0 bridgehead atoms. The molecule has 1 saturated heterocycles. The molecule has 182 valence electrons. The molecule has 0 unspecified atom stereocenters. The number of amides is 1. The van der Waals surface area contributed by atoms with Crippen LogP contribution in [0, 0.1) is 15.9 Å². The molecular formula is C24H25FN6O4. The third-order valence-electron chi connectivity index (χ3n) is 6.37. The number of aromatic nitrogens is 3. The Labute approximate surface area is 200 Å². The van der Waals surface area contributed by atoms with Crippen LogP contribution >= 0.6 is 0 Å². The van der Waals surface area contributed by atoms with Gasteiger partial charge in [-0.15, -0.1) is 10.2 Å². The molecule has 35 heavy (non-hydrogen) atoms. The lowest BCUT2D eigenvalue weighted by Crippen LogP contribution is -2.37. The maximum Gasteiger partial charge on any atom is 0.270 e. The number of carbonyl (C=O) groups excluding carboxylic acids is 1. The Bertz CT molecular complexity index is 1270. The number of benzene rings is 2. The van der Waals surface area contributed by atoms with Gasteiger partial charge in [-0.2, -0.15) is 0 Å². The smallest absolute Gasteiger partial charge is 0.270 e. The quantitative estimate of drug-likeness (QED) is 0.436. The zero-order valence-electron chi connectivity index (χ0n) is 19.1. The second kappa shape index (κ2) is 9.79. The molecule has 10 nitrogen and oxygen atoms in total. The molecule has 2 aliphatic rings. The number of nitro groups is 1. The summed E-state index contributed by atoms with van der Waals surface area (Å²) in [5.74, 6) is 0.281. The zero-order chi connectivity index (χ0) is 24.4. The fourth-order valence-corrected chi connectivity index (χ4v) is 4.55. The number of fused-ring (bicyclic) bond motifs is 1. The highest BCUT2D eigenvalue weighted by Gasteiger charge is 2.23. The van der Waals surface area contributed by atoms with E-state index in [0.717, 1.165) is 38.1 Å². The van der Waals surface area contributed by atoms with Gasteiger partial charge in [-0.1, -0.05) is 6.42 Å². The maximum atomic E-state index is 14.8. The van der Waals surface area contributed by atoms with Gasteiger partial charge in [0.1, 0.15) is 11.6 Å². The number of non-ortho nitro benzene ring substituents is 1. The minimum Gasteiger partial charge on any atom is -0.378 e. The molecular weight excluding hydrogens is 455 g/mol. The molecule has 0 atom stereocenters. The molecule has 3 aromatic rings. The third kappa shape index (κ3) is 4.72. The van der Waals surface area contributed by atoms with Crippen molar-refractivity contribution >= 4 is 23.0 Å². The summed E-state index contributed by atoms with van der Waals surface area (Å²) in [5, 5.41) is 22.6. The van der Waals surface area contributed by atoms with Crippen molar-refractivity contribution in [2.24, 2.45) is 0 Å². The highest BCUT2D eigenvalue weighted by atomic mass is 19.1. The number of hydrogen-bond acceptors (Lipinski definition) is 7. The predicted octanol–water partition coefficient (Wildman–Crippen LogP) is 3.81. The molecule has 11 heteroatoms. The molecule has 1 N–H and O–H groups in total. The number of anilines is 2. The summed E-state index contributed by atoms with van der Waals surface area (Å²) in [5.41, 5.74) is 1.03. The summed E-state index contributed by atoms with van der Waals surface area (Å²) >= 11 is 0. The first kappa shape index (κ1) is 22.9. The normalized spacial score (nSPS) is 15.9. The number of ether oxygens (including phenoxy) is 1. The first-order valence-corrected chi connectivity index (χ1v) is 11.7. The second-order valence-electron chi connectivity index (χ2n) is 8.61. The highest BCUT2D eigenvalue weighted by molar-refractivity contribution is 6.09. The molecule has 0 aliphatic carbocycles. The Balaban J connectivity index is 1.47. The van der Waals surface area contributed by atoms with Gasteiger partial charge < -0.3 is 19.5 Å². The van der Waals surface area contributed by atoms with Crippen LogP contribution in [0.25, 0.3) is 11.4 Å². The van der Waals surface area contributed by atoms with Gasteiger partial charge in [-0.3, -0.25) is 14.9 Å². The molecule has 0 saturated carbocycles. The lowest BCUT2D eigenvalue weighted by molar-refractivity contribution is -0.384. The topological polar surface area (TPSA) is 115 Å². The monoisotopic (exact) mass is 480 g/mol. The third-order valence-corrected chi connectivity index (χ3v) is 6.37. The van der Waals surface area contributed by atoms with Crippen molar-refractivity contribution in [1.82, 2.24) is 14.8 Å². The first-order chi connectivity index (χ1) is 17.0. The van der Waals surface area contributed by atoms with Crippen molar-refractivity contribution in [3.63, 3.8) is 0 Å². The van der Waals surface area contributed by atoms with Crippen LogP contribution in [-0.2, 0) is 17.7 Å². The maximum absolute atomic E-state index is 14.8. The number of aryl methyl sites for hydroxylation is 1. The fourth-order valence-electron chi connectivity index (χ4n) is 4.55. The lowest BCUT2D eigenvalue weighted by atomic mass is 10.1. The van der Waals surface area contributed by atoms with Crippen LogP contribution in [0.3, 0.4) is 0 Å². The summed E-state index contributed by atoms with van der Waals surface area (Å²) in [4.78, 5) is 26.0. The number of nitrogens with one attached hydrogen (secondary N) is 1. The molecule has 3 heterocycles. The zero-order valence-corrected chi connectivity index (χ0v) is 19.1. The summed E-state index contributed by atoms with van der Waals surface area (Å²) in [6.07, 6.45) is 4.02. The van der Waals surface area contributed by atoms with Crippen molar-refractivity contribution < 1.29 is 18.8 Å². The molecule has 1 fully saturated rings. The summed E-state index contributed by atoms with van der Waals surface area (Å²) in [7, 11) is 0. The molecule has 0 spiro atoms. The van der Waals surface area contributed by atoms with Crippen LogP contribution in [0.1, 0.15) is 35.4 Å². The second-order valence-corrected chi connectivity index (χ2v) is 8.61. The SMILES string of the molecule is O=C(Nc1cc(-c2nnc3n2CCCCC3)ccc1F)c1cc([N+](=O)[O-])ccc1N1CCOCC1. The molecule has 0 radical (unpaired) electrons. The van der Waals surface area contributed by atoms with Crippen LogP contribution in [0.5, 0.6) is 0 Å². The van der Waals surface area contributed by atoms with E-state index in [9.17, 15) is 19.3 Å². The van der Waals surface area contributed by atoms with E-state index in [1.807, 2.05) is 9.47 Å². The van der Waals surface area contributed by atoms with E-state index in [2.05, 4.69) is 15.5 Å². The van der Waals surface area contributed by atoms with Crippen LogP contribution < -0.4 is 10.2 Å². The van der Waals surface area contributed by atoms with Gasteiger partial charge in [-0.25, -0.2) is 4.39 Å². The van der Waals surface area contributed by atoms with Gasteiger partial charge in [0, 0.05) is 43.8 Å². The molecule has 1 amide bonds. The fraction of sp³-hybridized carbons (Fsp3) is 0.375. The Kier molecular flexibility index (Phi) is 6.41. The average molecular weight is 481 g/mol. The van der Waals surface area contributed by atoms with E-state index in [0.29, 0.717) is 43.4 Å². The van der Waals surface area contributed by atoms with Gasteiger partial charge in [0.05, 0.1) is 35.1 Å². The van der Waals surface area contributed by atoms with Crippen LogP contribution in [0.4, 0.5) is 21.5 Å². The Hall–Kier alpha value is -3.86. The lowest BCUT2D eigenvalue weighted by Gasteiger charge is -2.30. The molecule has 2 aliphatic heterocycles. The number of morpholine rings is 1. The number of nitrogens with zero attached hydrogens (tertiary/aromatic N) is 5. The van der Waals surface area contributed by atoms with Gasteiger partial charge in [-0.05, 0) is 37.1 Å². The summed E-state index contributed by atoms with van der Waals surface area (Å²) < 4.78 is 22.2. The van der Waals surface area contributed by atoms with Crippen molar-refractivity contribution in [3.05, 3.63) is 63.7 Å². The Morgan fingerprint density at radius 2 is 1.89 bits per heavy atom. The van der Waals surface area contributed by atoms with E-state index in [-0.39, 0.29) is 16.9 Å². The molecule has 5 rings (SSSR count). The van der Waals surface area contributed by atoms with E-state index < -0.39 is 16.6 Å². The first-order valence-electron chi connectivity index (χ1n) is 11.7. The predicted molar refractivity (Wildman–Crippen MR) is 127 cm³/mol. The Morgan fingerprint density at radius 1 is 1.06 bits per heavy atom. The number of nitro benzene ring substituents is 1. The van der Waals surface area contributed by atoms with Crippen molar-refractivity contribution in [1.29, 1.82) is 0 Å². The van der Waals surface area contributed by atoms with E-state index in [1.54, 1.807) is 12.1 Å². The van der Waals surface area contributed by atoms with Crippen molar-refractivity contribution in [3.8, 4) is 11.4 Å². The van der Waals surface area contributed by atoms with Gasteiger partial charge in [0.25, 0.3) is 11.6 Å². The van der Waals surface area contributed by atoms with Crippen molar-refractivity contribution in [2.45, 2.75) is 32.2 Å². The van der Waals surface area contributed by atoms with E-state index in [1.165, 1.54) is 24.3 Å². The van der Waals surface area contributed by atoms with E-state index >= 15 is 0 Å². The van der Waals surface area contributed by atoms with Crippen LogP contribution in [0.2, 0.25) is 0 Å². The number of hydrogen-bond donors (Lipinski definition) is 1. The summed E-state index contributed by atoms with van der Waals surface area (Å²) in [6.45, 7) is 2.84. The number of rotatable bonds is 5. The molecule has 2 aromatic carbocycles. The standard InChI is InChI=1S/C24H25FN6O4/c25-19-7-5-16(23-28-27-22-4-2-1-3-9-30(22)23)14-20(19)26-24(32)18-15-17(31(33)34)6-8-21(18)29-10-12-35-13-11-29/h5-8,14-15H,1-4,9-13H2,(H,26,32). The average Bonchev–Trinajstić information content (AvgIpc) is 3.13. The Morgan fingerprint density at radius 3 is 2.69 bits per heavy atom. The minimum absolute atomic E-state index is 0.0297. The van der Waals surface area contributed by atoms with Crippen LogP contribution in [0.15, 0.2) is 36.4 Å². The van der Waals surface area contributed by atoms with Gasteiger partial charge >= 0.3 is 0 Å². The van der Waals surface area contributed by atoms with E-state index in [4.69, 9.17) is 4.74 Å². The molecule has 1 aromatic heterocycles. The highest BCUT2D eigenvalue weighted by Crippen LogP contribution is 2.30.